The Balaban J connectivity index is 0.000000313. The lowest BCUT2D eigenvalue weighted by atomic mass is 9.69. The van der Waals surface area contributed by atoms with E-state index in [9.17, 15) is 40.7 Å². The molecule has 2 aliphatic carbocycles. The fraction of sp³-hybridized carbons (Fsp3) is 0.667. The summed E-state index contributed by atoms with van der Waals surface area (Å²) < 4.78 is 17.8. The highest BCUT2D eigenvalue weighted by Crippen LogP contribution is 2.53. The van der Waals surface area contributed by atoms with Crippen molar-refractivity contribution in [2.75, 3.05) is 13.2 Å². The minimum atomic E-state index is -0.419. The summed E-state index contributed by atoms with van der Waals surface area (Å²) in [6.45, 7) is 107. The number of esters is 1. The standard InChI is InChI=1S/C27H46O3.C27H36O2.C23H38O.C22H38O2.C21H34O3.C15H24O/c1-8-9-10-11-19-12-14-20(15-13-19)16-24(30-29)21-17-22(26(2,3)4)25(28)23(18-21)27(5,6)7;1-11-24(28)29-25-21(13-18(3)15-23(25)27(8,9)10)16-20-12-17(2)14-22(19(20)4)26(5,6)7;1-8-9-16-10-12-17(13-11-16)18-14-19(22(2,3)4)21(24)20(15-18)23(5,6)7;1-19(2,3)13-21(7,8)15-11-18(24)16(12-17(15)23)22(9,10)14-20(4,5)6;1-8-9-14-12-23-19(24-13-14)15-10-16(20(2,3)4)18(22)17(11-15)21(5,6)7;1-10-8-11(14(2,3)4)13(16)12(9-10)15(5,6)7/h17-20,24,28-29H,8-16H2,1-7H3;11-15H,1,16H2,2-10H3;14-17,24H,8-13H2,1-7H3;11-12,23-24H,13-14H2,1-10H3;10-11,14,19,22H,8-9,12-13H2,1-7H3;8-9,16H,1-7H3. The van der Waals surface area contributed by atoms with Crippen molar-refractivity contribution in [2.24, 2.45) is 34.5 Å². The van der Waals surface area contributed by atoms with Gasteiger partial charge in [-0.05, 0) is 293 Å². The second-order valence-electron chi connectivity index (χ2n) is 58.8. The monoisotopic (exact) mass is 2030 g/mol. The van der Waals surface area contributed by atoms with Gasteiger partial charge in [-0.15, -0.1) is 0 Å². The molecule has 12 heteroatoms. The molecule has 3 fully saturated rings. The number of hydrogen-bond donors (Lipinski definition) is 7. The van der Waals surface area contributed by atoms with E-state index < -0.39 is 5.97 Å². The molecule has 10 rings (SSSR count). The van der Waals surface area contributed by atoms with E-state index in [1.54, 1.807) is 12.1 Å². The molecular weight excluding hydrogens is 1810 g/mol. The number of aromatic hydroxyl groups is 6. The molecule has 0 aromatic heterocycles. The van der Waals surface area contributed by atoms with Crippen LogP contribution >= 0.6 is 0 Å². The molecular formula is C135H216O12. The number of rotatable bonds is 22. The summed E-state index contributed by atoms with van der Waals surface area (Å²) in [6, 6.07) is 29.3. The van der Waals surface area contributed by atoms with Gasteiger partial charge in [0.1, 0.15) is 46.4 Å². The van der Waals surface area contributed by atoms with Crippen molar-refractivity contribution in [1.29, 1.82) is 0 Å². The zero-order chi connectivity index (χ0) is 113. The Morgan fingerprint density at radius 1 is 0.354 bits per heavy atom. The molecule has 1 atom stereocenters. The number of ether oxygens (including phenoxy) is 3. The predicted octanol–water partition coefficient (Wildman–Crippen LogP) is 38.5. The maximum absolute atomic E-state index is 12.1. The van der Waals surface area contributed by atoms with Crippen molar-refractivity contribution in [1.82, 2.24) is 0 Å². The largest absolute Gasteiger partial charge is 0.508 e. The molecule has 1 heterocycles. The van der Waals surface area contributed by atoms with Crippen LogP contribution in [0.15, 0.2) is 97.6 Å². The molecule has 828 valence electrons. The van der Waals surface area contributed by atoms with Crippen LogP contribution in [0.5, 0.6) is 40.2 Å². The van der Waals surface area contributed by atoms with Crippen molar-refractivity contribution in [3.63, 3.8) is 0 Å². The smallest absolute Gasteiger partial charge is 0.335 e. The molecule has 0 radical (unpaired) electrons. The van der Waals surface area contributed by atoms with Crippen molar-refractivity contribution in [2.45, 2.75) is 537 Å². The summed E-state index contributed by atoms with van der Waals surface area (Å²) in [7, 11) is 0. The molecule has 7 aromatic rings. The lowest BCUT2D eigenvalue weighted by Crippen LogP contribution is -2.28. The Morgan fingerprint density at radius 3 is 1.00 bits per heavy atom. The van der Waals surface area contributed by atoms with Crippen molar-refractivity contribution in [3.8, 4) is 40.2 Å². The van der Waals surface area contributed by atoms with E-state index in [-0.39, 0.29) is 88.2 Å². The molecule has 0 spiro atoms. The summed E-state index contributed by atoms with van der Waals surface area (Å²) in [6.07, 6.45) is 24.8. The summed E-state index contributed by atoms with van der Waals surface area (Å²) in [5.74, 6) is 6.16. The first kappa shape index (κ1) is 130. The summed E-state index contributed by atoms with van der Waals surface area (Å²) in [5.41, 5.74) is 21.9. The molecule has 0 bridgehead atoms. The second-order valence-corrected chi connectivity index (χ2v) is 58.8. The average Bonchev–Trinajstić information content (AvgIpc) is 0.779. The van der Waals surface area contributed by atoms with Gasteiger partial charge in [0, 0.05) is 40.7 Å². The minimum absolute atomic E-state index is 0.0178. The van der Waals surface area contributed by atoms with Gasteiger partial charge in [0.2, 0.25) is 0 Å². The highest BCUT2D eigenvalue weighted by atomic mass is 17.1. The van der Waals surface area contributed by atoms with E-state index in [1.807, 2.05) is 12.1 Å². The number of carbonyl (C=O) groups is 1. The van der Waals surface area contributed by atoms with Gasteiger partial charge in [0.25, 0.3) is 0 Å². The van der Waals surface area contributed by atoms with Crippen molar-refractivity contribution >= 4 is 5.97 Å². The zero-order valence-corrected chi connectivity index (χ0v) is 103. The summed E-state index contributed by atoms with van der Waals surface area (Å²) >= 11 is 0. The molecule has 1 aliphatic heterocycles. The van der Waals surface area contributed by atoms with E-state index >= 15 is 0 Å². The van der Waals surface area contributed by atoms with Gasteiger partial charge in [0.05, 0.1) is 13.2 Å². The Hall–Kier alpha value is -7.61. The van der Waals surface area contributed by atoms with E-state index in [0.717, 1.165) is 141 Å². The lowest BCUT2D eigenvalue weighted by molar-refractivity contribution is -0.285. The van der Waals surface area contributed by atoms with Crippen molar-refractivity contribution < 1.29 is 59.8 Å². The van der Waals surface area contributed by atoms with Crippen LogP contribution in [0.4, 0.5) is 0 Å². The van der Waals surface area contributed by atoms with Crippen LogP contribution in [-0.4, -0.2) is 55.1 Å². The van der Waals surface area contributed by atoms with Gasteiger partial charge in [0.15, 0.2) is 6.29 Å². The van der Waals surface area contributed by atoms with E-state index in [4.69, 9.17) is 19.1 Å². The fourth-order valence-electron chi connectivity index (χ4n) is 22.8. The molecule has 2 saturated carbocycles. The third kappa shape index (κ3) is 38.9. The Kier molecular flexibility index (Phi) is 45.4. The molecule has 3 aliphatic rings. The fourth-order valence-corrected chi connectivity index (χ4v) is 22.8. The number of phenolic OH excluding ortho intramolecular Hbond substituents is 6. The third-order valence-corrected chi connectivity index (χ3v) is 30.1. The Morgan fingerprint density at radius 2 is 0.660 bits per heavy atom. The third-order valence-electron chi connectivity index (χ3n) is 30.1. The van der Waals surface area contributed by atoms with Gasteiger partial charge in [-0.3, -0.25) is 5.26 Å². The number of unbranched alkanes of at least 4 members (excludes halogenated alkanes) is 2. The van der Waals surface area contributed by atoms with Crippen LogP contribution < -0.4 is 4.74 Å². The highest BCUT2D eigenvalue weighted by molar-refractivity contribution is 5.84. The summed E-state index contributed by atoms with van der Waals surface area (Å²) in [5, 5.41) is 74.3. The molecule has 12 nitrogen and oxygen atoms in total. The topological polar surface area (TPSA) is 196 Å². The van der Waals surface area contributed by atoms with Crippen molar-refractivity contribution in [3.05, 3.63) is 214 Å². The van der Waals surface area contributed by atoms with Crippen LogP contribution in [0.25, 0.3) is 0 Å². The lowest BCUT2D eigenvalue weighted by Gasteiger charge is -2.36. The molecule has 0 amide bonds. The van der Waals surface area contributed by atoms with Gasteiger partial charge in [-0.25, -0.2) is 9.68 Å². The van der Waals surface area contributed by atoms with E-state index in [0.29, 0.717) is 58.0 Å². The number of hydrogen-bond acceptors (Lipinski definition) is 12. The first-order valence-electron chi connectivity index (χ1n) is 56.4. The number of phenols is 6. The van der Waals surface area contributed by atoms with Crippen LogP contribution in [0.1, 0.15) is 555 Å². The van der Waals surface area contributed by atoms with Gasteiger partial charge in [-0.1, -0.05) is 440 Å². The van der Waals surface area contributed by atoms with Crippen LogP contribution in [0, 0.1) is 62.2 Å². The molecule has 1 unspecified atom stereocenters. The van der Waals surface area contributed by atoms with Gasteiger partial charge < -0.3 is 44.8 Å². The quantitative estimate of drug-likeness (QED) is 0.00646. The highest BCUT2D eigenvalue weighted by Gasteiger charge is 2.40. The molecule has 147 heavy (non-hydrogen) atoms. The maximum atomic E-state index is 12.1. The molecule has 1 saturated heterocycles. The number of carbonyl (C=O) groups excluding carboxylic acids is 1. The Bertz CT molecular complexity index is 5080. The number of aryl methyl sites for hydroxylation is 3. The average molecular weight is 2030 g/mol. The van der Waals surface area contributed by atoms with E-state index in [1.165, 1.54) is 135 Å². The first-order valence-corrected chi connectivity index (χ1v) is 56.4. The molecule has 7 aromatic carbocycles. The van der Waals surface area contributed by atoms with E-state index in [2.05, 4.69) is 393 Å². The molecule has 7 N–H and O–H groups in total. The number of benzene rings is 7. The first-order chi connectivity index (χ1) is 66.8. The van der Waals surface area contributed by atoms with Gasteiger partial charge in [-0.2, -0.15) is 0 Å². The minimum Gasteiger partial charge on any atom is -0.508 e. The normalized spacial score (nSPS) is 17.9. The van der Waals surface area contributed by atoms with Crippen LogP contribution in [-0.2, 0) is 90.6 Å². The summed E-state index contributed by atoms with van der Waals surface area (Å²) in [4.78, 5) is 17.2. The second kappa shape index (κ2) is 51.4. The predicted molar refractivity (Wildman–Crippen MR) is 627 cm³/mol. The maximum Gasteiger partial charge on any atom is 0.335 e. The SMILES string of the molecule is C=CC(=O)Oc1c(Cc2cc(C)cc(C(C)(C)C)c2C)cc(C)cc1C(C)(C)C.CC(C)(C)CC(C)(C)c1cc(O)c(C(C)(C)CC(C)(C)C)cc1O.CCCC1CCC(c2cc(C(C)(C)C)c(O)c(C(C)(C)C)c2)CC1.CCCC1COC(c2cc(C(C)(C)C)c(O)c(C(C)(C)C)c2)OC1.CCCCCC1CCC(CC(OO)c2cc(C(C)(C)C)c(O)c(C(C)(C)C)c2)CC1.Cc1cc(C(C)(C)C)c(O)c(C(C)(C)C)c1. The van der Waals surface area contributed by atoms with Crippen LogP contribution in [0.2, 0.25) is 0 Å². The van der Waals surface area contributed by atoms with Crippen LogP contribution in [0.3, 0.4) is 0 Å². The zero-order valence-electron chi connectivity index (χ0n) is 103. The Labute approximate surface area is 899 Å². The van der Waals surface area contributed by atoms with Gasteiger partial charge >= 0.3 is 5.97 Å².